The van der Waals surface area contributed by atoms with Crippen LogP contribution < -0.4 is 0 Å². The lowest BCUT2D eigenvalue weighted by molar-refractivity contribution is 0.689. The summed E-state index contributed by atoms with van der Waals surface area (Å²) < 4.78 is 0. The minimum atomic E-state index is 0.668. The third-order valence-corrected chi connectivity index (χ3v) is 2.80. The average Bonchev–Trinajstić information content (AvgIpc) is 2.18. The third-order valence-electron chi connectivity index (χ3n) is 2.80. The monoisotopic (exact) mass is 202 g/mol. The molecule has 0 aliphatic heterocycles. The third kappa shape index (κ3) is 4.33. The molecule has 82 valence electrons. The average molecular weight is 202 g/mol. The van der Waals surface area contributed by atoms with E-state index in [4.69, 9.17) is 0 Å². The Morgan fingerprint density at radius 1 is 1.20 bits per heavy atom. The molecule has 0 radical (unpaired) electrons. The first kappa shape index (κ1) is 12.0. The molecule has 0 heterocycles. The Morgan fingerprint density at radius 2 is 1.80 bits per heavy atom. The molecule has 1 aromatic carbocycles. The van der Waals surface area contributed by atoms with Gasteiger partial charge in [-0.05, 0) is 45.1 Å². The maximum atomic E-state index is 2.32. The van der Waals surface area contributed by atoms with E-state index in [1.54, 1.807) is 0 Å². The Kier molecular flexibility index (Phi) is 4.61. The Hall–Kier alpha value is -1.04. The molecule has 1 aromatic rings. The molecular formula is C15H22. The predicted octanol–water partition coefficient (Wildman–Crippen LogP) is 4.84. The molecule has 0 N–H and O–H groups in total. The highest BCUT2D eigenvalue weighted by Crippen LogP contribution is 2.21. The second kappa shape index (κ2) is 5.75. The summed E-state index contributed by atoms with van der Waals surface area (Å²) in [7, 11) is 0. The van der Waals surface area contributed by atoms with Gasteiger partial charge in [-0.3, -0.25) is 0 Å². The molecule has 0 aliphatic rings. The van der Waals surface area contributed by atoms with Crippen LogP contribution in [0.1, 0.15) is 50.7 Å². The molecule has 0 saturated heterocycles. The SMILES string of the molecule is CC(C)=CCC[C@@H](C)c1ccc(C)cc1. The zero-order chi connectivity index (χ0) is 11.3. The van der Waals surface area contributed by atoms with Crippen molar-refractivity contribution in [2.75, 3.05) is 0 Å². The van der Waals surface area contributed by atoms with Crippen molar-refractivity contribution < 1.29 is 0 Å². The summed E-state index contributed by atoms with van der Waals surface area (Å²) in [5.41, 5.74) is 4.23. The molecule has 1 rings (SSSR count). The van der Waals surface area contributed by atoms with Gasteiger partial charge in [-0.1, -0.05) is 48.4 Å². The first-order valence-corrected chi connectivity index (χ1v) is 5.79. The number of aryl methyl sites for hydroxylation is 1. The molecule has 15 heavy (non-hydrogen) atoms. The van der Waals surface area contributed by atoms with Crippen LogP contribution in [0.15, 0.2) is 35.9 Å². The number of hydrogen-bond acceptors (Lipinski definition) is 0. The second-order valence-electron chi connectivity index (χ2n) is 4.67. The summed E-state index contributed by atoms with van der Waals surface area (Å²) >= 11 is 0. The van der Waals surface area contributed by atoms with E-state index in [-0.39, 0.29) is 0 Å². The lowest BCUT2D eigenvalue weighted by Crippen LogP contribution is -1.92. The molecule has 0 spiro atoms. The van der Waals surface area contributed by atoms with Crippen molar-refractivity contribution in [2.45, 2.75) is 46.5 Å². The molecule has 1 atom stereocenters. The van der Waals surface area contributed by atoms with Crippen molar-refractivity contribution >= 4 is 0 Å². The maximum Gasteiger partial charge on any atom is -0.0187 e. The van der Waals surface area contributed by atoms with Crippen molar-refractivity contribution in [3.05, 3.63) is 47.0 Å². The molecule has 0 aliphatic carbocycles. The Morgan fingerprint density at radius 3 is 2.33 bits per heavy atom. The van der Waals surface area contributed by atoms with Crippen molar-refractivity contribution in [2.24, 2.45) is 0 Å². The predicted molar refractivity (Wildman–Crippen MR) is 68.3 cm³/mol. The van der Waals surface area contributed by atoms with Crippen LogP contribution in [0.5, 0.6) is 0 Å². The highest BCUT2D eigenvalue weighted by molar-refractivity contribution is 5.24. The highest BCUT2D eigenvalue weighted by atomic mass is 14.1. The molecule has 0 amide bonds. The van der Waals surface area contributed by atoms with Crippen LogP contribution in [0.2, 0.25) is 0 Å². The van der Waals surface area contributed by atoms with E-state index < -0.39 is 0 Å². The fourth-order valence-electron chi connectivity index (χ4n) is 1.68. The first-order chi connectivity index (χ1) is 7.09. The summed E-state index contributed by atoms with van der Waals surface area (Å²) in [5, 5.41) is 0. The van der Waals surface area contributed by atoms with E-state index in [0.717, 1.165) is 0 Å². The molecule has 0 unspecified atom stereocenters. The standard InChI is InChI=1S/C15H22/c1-12(2)6-5-7-14(4)15-10-8-13(3)9-11-15/h6,8-11,14H,5,7H2,1-4H3/t14-/m1/s1. The maximum absolute atomic E-state index is 2.32. The van der Waals surface area contributed by atoms with Gasteiger partial charge in [0.05, 0.1) is 0 Å². The lowest BCUT2D eigenvalue weighted by atomic mass is 9.95. The van der Waals surface area contributed by atoms with Gasteiger partial charge >= 0.3 is 0 Å². The Bertz CT molecular complexity index is 312. The van der Waals surface area contributed by atoms with Crippen LogP contribution in [0, 0.1) is 6.92 Å². The largest absolute Gasteiger partial charge is 0.0859 e. The van der Waals surface area contributed by atoms with Gasteiger partial charge in [-0.2, -0.15) is 0 Å². The number of rotatable bonds is 4. The van der Waals surface area contributed by atoms with E-state index in [2.05, 4.69) is 58.0 Å². The Balaban J connectivity index is 2.50. The van der Waals surface area contributed by atoms with Crippen LogP contribution in [0.3, 0.4) is 0 Å². The van der Waals surface area contributed by atoms with E-state index in [0.29, 0.717) is 5.92 Å². The summed E-state index contributed by atoms with van der Waals surface area (Å²) in [5.74, 6) is 0.668. The molecular weight excluding hydrogens is 180 g/mol. The van der Waals surface area contributed by atoms with Gasteiger partial charge in [-0.25, -0.2) is 0 Å². The topological polar surface area (TPSA) is 0 Å². The van der Waals surface area contributed by atoms with E-state index in [9.17, 15) is 0 Å². The minimum absolute atomic E-state index is 0.668. The molecule has 0 saturated carbocycles. The molecule has 0 fully saturated rings. The van der Waals surface area contributed by atoms with Crippen molar-refractivity contribution in [3.63, 3.8) is 0 Å². The van der Waals surface area contributed by atoms with Crippen LogP contribution >= 0.6 is 0 Å². The fourth-order valence-corrected chi connectivity index (χ4v) is 1.68. The quantitative estimate of drug-likeness (QED) is 0.612. The Labute approximate surface area is 94.0 Å². The van der Waals surface area contributed by atoms with Crippen LogP contribution in [-0.4, -0.2) is 0 Å². The van der Waals surface area contributed by atoms with Crippen molar-refractivity contribution in [1.82, 2.24) is 0 Å². The van der Waals surface area contributed by atoms with Crippen molar-refractivity contribution in [3.8, 4) is 0 Å². The zero-order valence-corrected chi connectivity index (χ0v) is 10.4. The van der Waals surface area contributed by atoms with Crippen LogP contribution in [-0.2, 0) is 0 Å². The first-order valence-electron chi connectivity index (χ1n) is 5.79. The van der Waals surface area contributed by atoms with Gasteiger partial charge < -0.3 is 0 Å². The molecule has 0 aromatic heterocycles. The van der Waals surface area contributed by atoms with Crippen LogP contribution in [0.4, 0.5) is 0 Å². The zero-order valence-electron chi connectivity index (χ0n) is 10.4. The van der Waals surface area contributed by atoms with Crippen LogP contribution in [0.25, 0.3) is 0 Å². The van der Waals surface area contributed by atoms with Crippen molar-refractivity contribution in [1.29, 1.82) is 0 Å². The van der Waals surface area contributed by atoms with Gasteiger partial charge in [0, 0.05) is 0 Å². The second-order valence-corrected chi connectivity index (χ2v) is 4.67. The normalized spacial score (nSPS) is 12.3. The van der Waals surface area contributed by atoms with Gasteiger partial charge in [0.2, 0.25) is 0 Å². The summed E-state index contributed by atoms with van der Waals surface area (Å²) in [4.78, 5) is 0. The van der Waals surface area contributed by atoms with Gasteiger partial charge in [0.15, 0.2) is 0 Å². The van der Waals surface area contributed by atoms with E-state index in [1.807, 2.05) is 0 Å². The van der Waals surface area contributed by atoms with Gasteiger partial charge in [0.25, 0.3) is 0 Å². The smallest absolute Gasteiger partial charge is 0.0187 e. The molecule has 0 bridgehead atoms. The van der Waals surface area contributed by atoms with E-state index >= 15 is 0 Å². The van der Waals surface area contributed by atoms with E-state index in [1.165, 1.54) is 29.5 Å². The van der Waals surface area contributed by atoms with Gasteiger partial charge in [0.1, 0.15) is 0 Å². The highest BCUT2D eigenvalue weighted by Gasteiger charge is 2.03. The number of allylic oxidation sites excluding steroid dienone is 2. The molecule has 0 heteroatoms. The fraction of sp³-hybridized carbons (Fsp3) is 0.467. The number of hydrogen-bond donors (Lipinski definition) is 0. The van der Waals surface area contributed by atoms with Gasteiger partial charge in [-0.15, -0.1) is 0 Å². The minimum Gasteiger partial charge on any atom is -0.0859 e. The molecule has 0 nitrogen and oxygen atoms in total. The summed E-state index contributed by atoms with van der Waals surface area (Å²) in [6.45, 7) is 8.77. The summed E-state index contributed by atoms with van der Waals surface area (Å²) in [6.07, 6.45) is 4.76. The number of benzene rings is 1. The summed E-state index contributed by atoms with van der Waals surface area (Å²) in [6, 6.07) is 8.91. The lowest BCUT2D eigenvalue weighted by Gasteiger charge is -2.10.